The van der Waals surface area contributed by atoms with Gasteiger partial charge in [-0.05, 0) is 70.9 Å². The predicted octanol–water partition coefficient (Wildman–Crippen LogP) is 3.03. The van der Waals surface area contributed by atoms with Gasteiger partial charge in [0.2, 0.25) is 10.0 Å². The Kier molecular flexibility index (Phi) is 9.20. The Morgan fingerprint density at radius 1 is 1.18 bits per heavy atom. The van der Waals surface area contributed by atoms with Crippen LogP contribution < -0.4 is 14.8 Å². The smallest absolute Gasteiger partial charge is 0.214 e. The normalized spacial score (nSPS) is 26.3. The van der Waals surface area contributed by atoms with Crippen LogP contribution in [-0.2, 0) is 19.6 Å². The van der Waals surface area contributed by atoms with Gasteiger partial charge in [0.1, 0.15) is 12.4 Å². The van der Waals surface area contributed by atoms with Crippen molar-refractivity contribution in [3.63, 3.8) is 0 Å². The first-order valence-corrected chi connectivity index (χ1v) is 13.2. The number of carbonyl (C=O) groups excluding carboxylic acids is 1. The van der Waals surface area contributed by atoms with E-state index in [1.807, 2.05) is 0 Å². The van der Waals surface area contributed by atoms with Gasteiger partial charge in [0.25, 0.3) is 0 Å². The minimum absolute atomic E-state index is 0.00918. The van der Waals surface area contributed by atoms with Crippen molar-refractivity contribution in [1.29, 1.82) is 0 Å². The molecule has 3 rings (SSSR count). The molecule has 1 aliphatic carbocycles. The van der Waals surface area contributed by atoms with Crippen LogP contribution in [0, 0.1) is 11.6 Å². The van der Waals surface area contributed by atoms with Crippen molar-refractivity contribution in [1.82, 2.24) is 10.0 Å². The molecule has 1 saturated heterocycles. The molecule has 2 aliphatic rings. The van der Waals surface area contributed by atoms with Crippen molar-refractivity contribution in [2.75, 3.05) is 19.8 Å². The van der Waals surface area contributed by atoms with Gasteiger partial charge in [-0.15, -0.1) is 0 Å². The van der Waals surface area contributed by atoms with Crippen LogP contribution >= 0.6 is 0 Å². The Labute approximate surface area is 194 Å². The summed E-state index contributed by atoms with van der Waals surface area (Å²) in [6.45, 7) is 4.23. The van der Waals surface area contributed by atoms with E-state index in [-0.39, 0.29) is 36.5 Å². The Balaban J connectivity index is 1.56. The number of hydrogen-bond acceptors (Lipinski definition) is 6. The molecule has 186 valence electrons. The first-order valence-electron chi connectivity index (χ1n) is 11.6. The zero-order valence-corrected chi connectivity index (χ0v) is 20.0. The summed E-state index contributed by atoms with van der Waals surface area (Å²) < 4.78 is 66.9. The molecule has 0 aromatic heterocycles. The van der Waals surface area contributed by atoms with Crippen molar-refractivity contribution in [3.05, 3.63) is 29.3 Å². The van der Waals surface area contributed by atoms with Gasteiger partial charge in [-0.2, -0.15) is 0 Å². The highest BCUT2D eigenvalue weighted by Gasteiger charge is 2.32. The minimum Gasteiger partial charge on any atom is -0.483 e. The number of nitrogens with one attached hydrogen (secondary N) is 2. The van der Waals surface area contributed by atoms with Crippen LogP contribution in [0.2, 0.25) is 0 Å². The SMILES string of the molecule is CC(C)S(=O)(=O)N[C@H]1CCCN[C@H]1COC1CCC(c2cc(F)cc(F)c2OCC=O)CC1. The molecule has 2 N–H and O–H groups in total. The fourth-order valence-electron chi connectivity index (χ4n) is 4.55. The van der Waals surface area contributed by atoms with Crippen LogP contribution in [0.4, 0.5) is 8.78 Å². The van der Waals surface area contributed by atoms with Crippen molar-refractivity contribution >= 4 is 16.3 Å². The lowest BCUT2D eigenvalue weighted by Gasteiger charge is -2.35. The zero-order chi connectivity index (χ0) is 24.0. The fraction of sp³-hybridized carbons (Fsp3) is 0.696. The molecule has 1 aromatic carbocycles. The number of hydrogen-bond donors (Lipinski definition) is 2. The maximum Gasteiger partial charge on any atom is 0.214 e. The summed E-state index contributed by atoms with van der Waals surface area (Å²) in [5.74, 6) is -1.62. The van der Waals surface area contributed by atoms with Crippen LogP contribution in [0.5, 0.6) is 5.75 Å². The summed E-state index contributed by atoms with van der Waals surface area (Å²) in [6.07, 6.45) is 4.95. The van der Waals surface area contributed by atoms with E-state index in [4.69, 9.17) is 9.47 Å². The largest absolute Gasteiger partial charge is 0.483 e. The fourth-order valence-corrected chi connectivity index (χ4v) is 5.53. The molecule has 0 bridgehead atoms. The number of piperidine rings is 1. The summed E-state index contributed by atoms with van der Waals surface area (Å²) in [5, 5.41) is 2.87. The number of sulfonamides is 1. The molecule has 1 aliphatic heterocycles. The molecule has 2 fully saturated rings. The second kappa shape index (κ2) is 11.7. The van der Waals surface area contributed by atoms with Gasteiger partial charge in [0.05, 0.1) is 18.0 Å². The Hall–Kier alpha value is -1.62. The summed E-state index contributed by atoms with van der Waals surface area (Å²) in [4.78, 5) is 10.6. The van der Waals surface area contributed by atoms with E-state index >= 15 is 0 Å². The number of ether oxygens (including phenoxy) is 2. The maximum atomic E-state index is 14.2. The van der Waals surface area contributed by atoms with Gasteiger partial charge in [0, 0.05) is 23.7 Å². The monoisotopic (exact) mass is 488 g/mol. The van der Waals surface area contributed by atoms with Gasteiger partial charge in [-0.25, -0.2) is 21.9 Å². The van der Waals surface area contributed by atoms with Crippen LogP contribution in [0.1, 0.15) is 63.9 Å². The van der Waals surface area contributed by atoms with Crippen molar-refractivity contribution in [3.8, 4) is 5.75 Å². The molecule has 1 aromatic rings. The second-order valence-electron chi connectivity index (χ2n) is 9.11. The molecule has 0 unspecified atom stereocenters. The van der Waals surface area contributed by atoms with E-state index < -0.39 is 26.9 Å². The van der Waals surface area contributed by atoms with Crippen molar-refractivity contribution in [2.45, 2.75) is 81.7 Å². The van der Waals surface area contributed by atoms with Gasteiger partial charge in [0.15, 0.2) is 17.9 Å². The molecule has 1 heterocycles. The average Bonchev–Trinajstić information content (AvgIpc) is 2.77. The van der Waals surface area contributed by atoms with Crippen molar-refractivity contribution < 1.29 is 31.5 Å². The van der Waals surface area contributed by atoms with E-state index in [0.717, 1.165) is 25.5 Å². The number of aldehydes is 1. The number of rotatable bonds is 10. The molecule has 10 heteroatoms. The molecule has 2 atom stereocenters. The molecule has 0 spiro atoms. The van der Waals surface area contributed by atoms with Gasteiger partial charge in [-0.1, -0.05) is 0 Å². The summed E-state index contributed by atoms with van der Waals surface area (Å²) in [7, 11) is -3.37. The lowest BCUT2D eigenvalue weighted by atomic mass is 9.82. The first-order chi connectivity index (χ1) is 15.7. The lowest BCUT2D eigenvalue weighted by molar-refractivity contribution is -0.109. The van der Waals surface area contributed by atoms with E-state index in [1.165, 1.54) is 6.07 Å². The lowest BCUT2D eigenvalue weighted by Crippen LogP contribution is -2.56. The van der Waals surface area contributed by atoms with Crippen LogP contribution in [0.15, 0.2) is 12.1 Å². The quantitative estimate of drug-likeness (QED) is 0.492. The number of halogens is 2. The van der Waals surface area contributed by atoms with Gasteiger partial charge in [-0.3, -0.25) is 4.79 Å². The summed E-state index contributed by atoms with van der Waals surface area (Å²) in [5.41, 5.74) is 0.449. The topological polar surface area (TPSA) is 93.7 Å². The molecule has 33 heavy (non-hydrogen) atoms. The van der Waals surface area contributed by atoms with Crippen LogP contribution in [0.3, 0.4) is 0 Å². The molecule has 0 amide bonds. The standard InChI is InChI=1S/C23H34F2N2O5S/c1-15(2)33(29,30)27-21-4-3-9-26-22(21)14-32-18-7-5-16(6-8-18)19-12-17(24)13-20(25)23(19)31-11-10-28/h10,12-13,15-16,18,21-22,26-27H,3-9,11,14H2,1-2H3/t16?,18?,21-,22-/m0/s1. The third kappa shape index (κ3) is 6.94. The highest BCUT2D eigenvalue weighted by atomic mass is 32.2. The Morgan fingerprint density at radius 3 is 2.58 bits per heavy atom. The van der Waals surface area contributed by atoms with E-state index in [9.17, 15) is 22.0 Å². The number of benzene rings is 1. The Morgan fingerprint density at radius 2 is 1.91 bits per heavy atom. The minimum atomic E-state index is -3.37. The predicted molar refractivity (Wildman–Crippen MR) is 121 cm³/mol. The summed E-state index contributed by atoms with van der Waals surface area (Å²) >= 11 is 0. The third-order valence-electron chi connectivity index (χ3n) is 6.48. The molecule has 1 saturated carbocycles. The molecular formula is C23H34F2N2O5S. The number of carbonyl (C=O) groups is 1. The van der Waals surface area contributed by atoms with E-state index in [2.05, 4.69) is 10.0 Å². The highest BCUT2D eigenvalue weighted by molar-refractivity contribution is 7.90. The zero-order valence-electron chi connectivity index (χ0n) is 19.2. The van der Waals surface area contributed by atoms with Crippen molar-refractivity contribution in [2.24, 2.45) is 0 Å². The van der Waals surface area contributed by atoms with Crippen LogP contribution in [-0.4, -0.2) is 57.9 Å². The average molecular weight is 489 g/mol. The van der Waals surface area contributed by atoms with Gasteiger partial charge >= 0.3 is 0 Å². The van der Waals surface area contributed by atoms with E-state index in [0.29, 0.717) is 44.1 Å². The second-order valence-corrected chi connectivity index (χ2v) is 11.4. The third-order valence-corrected chi connectivity index (χ3v) is 8.35. The maximum absolute atomic E-state index is 14.2. The van der Waals surface area contributed by atoms with Crippen LogP contribution in [0.25, 0.3) is 0 Å². The molecule has 0 radical (unpaired) electrons. The highest BCUT2D eigenvalue weighted by Crippen LogP contribution is 2.40. The van der Waals surface area contributed by atoms with Gasteiger partial charge < -0.3 is 14.8 Å². The van der Waals surface area contributed by atoms with E-state index in [1.54, 1.807) is 13.8 Å². The summed E-state index contributed by atoms with van der Waals surface area (Å²) in [6, 6.07) is 1.73. The Bertz CT molecular complexity index is 904. The molecular weight excluding hydrogens is 454 g/mol. The first kappa shape index (κ1) is 26.0. The molecule has 7 nitrogen and oxygen atoms in total.